The molecule has 0 radical (unpaired) electrons. The number of hydrogen-bond donors (Lipinski definition) is 3. The second kappa shape index (κ2) is 9.24. The van der Waals surface area contributed by atoms with Gasteiger partial charge in [0.05, 0.1) is 17.3 Å². The van der Waals surface area contributed by atoms with Crippen molar-refractivity contribution in [3.63, 3.8) is 0 Å². The van der Waals surface area contributed by atoms with Crippen LogP contribution in [0.1, 0.15) is 38.7 Å². The number of nitrogen functional groups attached to an aromatic ring is 1. The molecule has 2 heterocycles. The molecule has 2 aromatic carbocycles. The highest BCUT2D eigenvalue weighted by atomic mass is 32.2. The fraction of sp³-hybridized carbons (Fsp3) is 0.417. The quantitative estimate of drug-likeness (QED) is 0.485. The first-order chi connectivity index (χ1) is 15.6. The molecule has 176 valence electrons. The van der Waals surface area contributed by atoms with E-state index in [4.69, 9.17) is 5.73 Å². The molecule has 0 unspecified atom stereocenters. The van der Waals surface area contributed by atoms with E-state index in [0.717, 1.165) is 44.5 Å². The van der Waals surface area contributed by atoms with Crippen molar-refractivity contribution in [1.82, 2.24) is 14.9 Å². The van der Waals surface area contributed by atoms with Crippen molar-refractivity contribution >= 4 is 32.6 Å². The minimum absolute atomic E-state index is 0.0334. The van der Waals surface area contributed by atoms with Crippen LogP contribution < -0.4 is 10.5 Å². The molecule has 0 atom stereocenters. The average molecular weight is 470 g/mol. The number of sulfonamides is 1. The fourth-order valence-electron chi connectivity index (χ4n) is 4.48. The predicted molar refractivity (Wildman–Crippen MR) is 130 cm³/mol. The van der Waals surface area contributed by atoms with E-state index in [1.807, 2.05) is 12.1 Å². The average Bonchev–Trinajstić information content (AvgIpc) is 2.75. The highest BCUT2D eigenvalue weighted by Gasteiger charge is 2.32. The van der Waals surface area contributed by atoms with E-state index in [9.17, 15) is 13.5 Å². The minimum Gasteiger partial charge on any atom is -0.390 e. The Balaban J connectivity index is 1.42. The van der Waals surface area contributed by atoms with E-state index < -0.39 is 15.6 Å². The molecule has 0 spiro atoms. The summed E-state index contributed by atoms with van der Waals surface area (Å²) in [6.07, 6.45) is 3.80. The van der Waals surface area contributed by atoms with Crippen LogP contribution in [0.15, 0.2) is 53.6 Å². The number of nitrogens with two attached hydrogens (primary N) is 1. The Labute approximate surface area is 194 Å². The van der Waals surface area contributed by atoms with Crippen LogP contribution in [0, 0.1) is 5.92 Å². The highest BCUT2D eigenvalue weighted by molar-refractivity contribution is 7.93. The number of hydrogen-bond acceptors (Lipinski definition) is 7. The summed E-state index contributed by atoms with van der Waals surface area (Å²) in [5.74, 6) is 0.644. The smallest absolute Gasteiger partial charge is 0.264 e. The third-order valence-corrected chi connectivity index (χ3v) is 7.44. The SMILES string of the molecule is CC(C)CC1(O)CCN(Cc2ccc(NS(=O)(=O)c3cccc4ncc(N)nc34)cc2)CC1. The number of piperidine rings is 1. The number of aliphatic hydroxyl groups is 1. The lowest BCUT2D eigenvalue weighted by Crippen LogP contribution is -2.44. The van der Waals surface area contributed by atoms with Crippen LogP contribution in [0.3, 0.4) is 0 Å². The van der Waals surface area contributed by atoms with Gasteiger partial charge in [-0.25, -0.2) is 13.4 Å². The third-order valence-electron chi connectivity index (χ3n) is 6.03. The Morgan fingerprint density at radius 1 is 1.15 bits per heavy atom. The van der Waals surface area contributed by atoms with E-state index in [1.54, 1.807) is 24.3 Å². The lowest BCUT2D eigenvalue weighted by Gasteiger charge is -2.39. The first kappa shape index (κ1) is 23.4. The zero-order valence-corrected chi connectivity index (χ0v) is 19.8. The highest BCUT2D eigenvalue weighted by Crippen LogP contribution is 2.30. The first-order valence-electron chi connectivity index (χ1n) is 11.2. The number of para-hydroxylation sites is 1. The summed E-state index contributed by atoms with van der Waals surface area (Å²) < 4.78 is 28.7. The minimum atomic E-state index is -3.87. The van der Waals surface area contributed by atoms with Crippen molar-refractivity contribution in [2.45, 2.75) is 50.2 Å². The van der Waals surface area contributed by atoms with Gasteiger partial charge in [0.2, 0.25) is 0 Å². The van der Waals surface area contributed by atoms with Crippen molar-refractivity contribution in [3.05, 3.63) is 54.2 Å². The zero-order chi connectivity index (χ0) is 23.6. The van der Waals surface area contributed by atoms with Crippen LogP contribution in [0.2, 0.25) is 0 Å². The number of nitrogens with one attached hydrogen (secondary N) is 1. The lowest BCUT2D eigenvalue weighted by molar-refractivity contribution is -0.0376. The monoisotopic (exact) mass is 469 g/mol. The van der Waals surface area contributed by atoms with Gasteiger partial charge in [-0.05, 0) is 55.0 Å². The van der Waals surface area contributed by atoms with Gasteiger partial charge in [0, 0.05) is 25.3 Å². The molecule has 4 rings (SSSR count). The van der Waals surface area contributed by atoms with E-state index >= 15 is 0 Å². The summed E-state index contributed by atoms with van der Waals surface area (Å²) in [7, 11) is -3.87. The van der Waals surface area contributed by atoms with E-state index in [-0.39, 0.29) is 16.2 Å². The molecule has 1 fully saturated rings. The van der Waals surface area contributed by atoms with Gasteiger partial charge in [-0.2, -0.15) is 0 Å². The standard InChI is InChI=1S/C24H31N5O3S/c1-17(2)14-24(30)10-12-29(13-11-24)16-18-6-8-19(9-7-18)28-33(31,32)21-5-3-4-20-23(21)27-22(25)15-26-20/h3-9,15,17,28,30H,10-14,16H2,1-2H3,(H2,25,27). The van der Waals surface area contributed by atoms with Gasteiger partial charge in [0.15, 0.2) is 0 Å². The van der Waals surface area contributed by atoms with Crippen LogP contribution in [-0.4, -0.2) is 47.1 Å². The van der Waals surface area contributed by atoms with Gasteiger partial charge in [-0.1, -0.05) is 32.0 Å². The molecule has 0 amide bonds. The Hall–Kier alpha value is -2.75. The Bertz CT molecular complexity index is 1220. The number of fused-ring (bicyclic) bond motifs is 1. The van der Waals surface area contributed by atoms with Crippen LogP contribution in [-0.2, 0) is 16.6 Å². The molecule has 0 saturated carbocycles. The van der Waals surface area contributed by atoms with Crippen LogP contribution in [0.25, 0.3) is 11.0 Å². The van der Waals surface area contributed by atoms with Gasteiger partial charge in [0.25, 0.3) is 10.0 Å². The predicted octanol–water partition coefficient (Wildman–Crippen LogP) is 3.39. The lowest BCUT2D eigenvalue weighted by atomic mass is 9.84. The van der Waals surface area contributed by atoms with Gasteiger partial charge < -0.3 is 10.8 Å². The van der Waals surface area contributed by atoms with Crippen molar-refractivity contribution in [1.29, 1.82) is 0 Å². The molecule has 33 heavy (non-hydrogen) atoms. The molecule has 9 heteroatoms. The second-order valence-electron chi connectivity index (χ2n) is 9.32. The van der Waals surface area contributed by atoms with Crippen molar-refractivity contribution < 1.29 is 13.5 Å². The van der Waals surface area contributed by atoms with Crippen LogP contribution in [0.4, 0.5) is 11.5 Å². The number of benzene rings is 2. The topological polar surface area (TPSA) is 121 Å². The normalized spacial score (nSPS) is 16.8. The first-order valence-corrected chi connectivity index (χ1v) is 12.7. The molecule has 1 aromatic heterocycles. The molecule has 1 saturated heterocycles. The molecular formula is C24H31N5O3S. The van der Waals surface area contributed by atoms with Gasteiger partial charge in [-0.3, -0.25) is 14.6 Å². The summed E-state index contributed by atoms with van der Waals surface area (Å²) in [5.41, 5.74) is 7.42. The number of likely N-dealkylation sites (tertiary alicyclic amines) is 1. The summed E-state index contributed by atoms with van der Waals surface area (Å²) in [4.78, 5) is 10.7. The molecule has 1 aliphatic heterocycles. The third kappa shape index (κ3) is 5.61. The summed E-state index contributed by atoms with van der Waals surface area (Å²) >= 11 is 0. The van der Waals surface area contributed by atoms with E-state index in [0.29, 0.717) is 17.1 Å². The molecular weight excluding hydrogens is 438 g/mol. The Kier molecular flexibility index (Phi) is 6.56. The van der Waals surface area contributed by atoms with Crippen LogP contribution >= 0.6 is 0 Å². The molecule has 0 bridgehead atoms. The fourth-order valence-corrected chi connectivity index (χ4v) is 5.69. The molecule has 8 nitrogen and oxygen atoms in total. The van der Waals surface area contributed by atoms with Crippen molar-refractivity contribution in [2.24, 2.45) is 5.92 Å². The van der Waals surface area contributed by atoms with Crippen molar-refractivity contribution in [2.75, 3.05) is 23.5 Å². The molecule has 4 N–H and O–H groups in total. The Morgan fingerprint density at radius 2 is 1.85 bits per heavy atom. The molecule has 0 aliphatic carbocycles. The largest absolute Gasteiger partial charge is 0.390 e. The van der Waals surface area contributed by atoms with Gasteiger partial charge in [0.1, 0.15) is 16.2 Å². The number of rotatable bonds is 7. The Morgan fingerprint density at radius 3 is 2.52 bits per heavy atom. The second-order valence-corrected chi connectivity index (χ2v) is 11.0. The van der Waals surface area contributed by atoms with Gasteiger partial charge >= 0.3 is 0 Å². The summed E-state index contributed by atoms with van der Waals surface area (Å²) in [6.45, 7) is 6.75. The van der Waals surface area contributed by atoms with E-state index in [1.165, 1.54) is 12.3 Å². The van der Waals surface area contributed by atoms with E-state index in [2.05, 4.69) is 33.4 Å². The maximum Gasteiger partial charge on any atom is 0.264 e. The summed E-state index contributed by atoms with van der Waals surface area (Å²) in [5, 5.41) is 10.7. The van der Waals surface area contributed by atoms with Crippen LogP contribution in [0.5, 0.6) is 0 Å². The molecule has 3 aromatic rings. The maximum atomic E-state index is 13.0. The number of anilines is 2. The zero-order valence-electron chi connectivity index (χ0n) is 19.0. The van der Waals surface area contributed by atoms with Crippen molar-refractivity contribution in [3.8, 4) is 0 Å². The summed E-state index contributed by atoms with van der Waals surface area (Å²) in [6, 6.07) is 12.2. The number of aromatic nitrogens is 2. The maximum absolute atomic E-state index is 13.0. The van der Waals surface area contributed by atoms with Gasteiger partial charge in [-0.15, -0.1) is 0 Å². The number of nitrogens with zero attached hydrogens (tertiary/aromatic N) is 3. The molecule has 1 aliphatic rings.